The van der Waals surface area contributed by atoms with Crippen LogP contribution in [0.2, 0.25) is 0 Å². The summed E-state index contributed by atoms with van der Waals surface area (Å²) in [7, 11) is 0. The average Bonchev–Trinajstić information content (AvgIpc) is 3.00. The molecule has 0 spiro atoms. The Hall–Kier alpha value is -3.68. The highest BCUT2D eigenvalue weighted by Crippen LogP contribution is 2.25. The fourth-order valence-electron chi connectivity index (χ4n) is 3.28. The third-order valence-electron chi connectivity index (χ3n) is 5.18. The molecule has 0 aliphatic carbocycles. The van der Waals surface area contributed by atoms with Gasteiger partial charge in [0.2, 0.25) is 0 Å². The maximum atomic E-state index is 13.1. The fraction of sp³-hybridized carbons (Fsp3) is 0.273. The average molecular weight is 409 g/mol. The predicted octanol–water partition coefficient (Wildman–Crippen LogP) is 2.91. The lowest BCUT2D eigenvalue weighted by atomic mass is 9.99. The molecule has 0 fully saturated rings. The number of fused-ring (bicyclic) bond motifs is 1. The molecule has 1 aliphatic rings. The topological polar surface area (TPSA) is 107 Å². The van der Waals surface area contributed by atoms with Crippen LogP contribution in [0.3, 0.4) is 0 Å². The van der Waals surface area contributed by atoms with E-state index in [1.54, 1.807) is 49.4 Å². The molecule has 156 valence electrons. The Labute approximate surface area is 174 Å². The van der Waals surface area contributed by atoms with E-state index < -0.39 is 29.9 Å². The normalized spacial score (nSPS) is 14.8. The number of nitrogens with zero attached hydrogens (tertiary/aromatic N) is 2. The van der Waals surface area contributed by atoms with E-state index in [1.807, 2.05) is 6.92 Å². The highest BCUT2D eigenvalue weighted by atomic mass is 16.4. The second kappa shape index (κ2) is 8.77. The maximum Gasteiger partial charge on any atom is 0.337 e. The molecule has 1 aliphatic heterocycles. The molecule has 8 heteroatoms. The molecule has 0 saturated heterocycles. The minimum Gasteiger partial charge on any atom is -0.480 e. The lowest BCUT2D eigenvalue weighted by Gasteiger charge is -2.32. The summed E-state index contributed by atoms with van der Waals surface area (Å²) in [6, 6.07) is 13.2. The van der Waals surface area contributed by atoms with Crippen LogP contribution in [0.4, 0.5) is 4.79 Å². The zero-order valence-corrected chi connectivity index (χ0v) is 16.7. The van der Waals surface area contributed by atoms with Crippen molar-refractivity contribution in [3.8, 4) is 0 Å². The molecule has 4 amide bonds. The van der Waals surface area contributed by atoms with E-state index >= 15 is 0 Å². The Bertz CT molecular complexity index is 941. The number of hydrogen-bond acceptors (Lipinski definition) is 4. The van der Waals surface area contributed by atoms with Gasteiger partial charge >= 0.3 is 12.0 Å². The summed E-state index contributed by atoms with van der Waals surface area (Å²) in [4.78, 5) is 50.6. The van der Waals surface area contributed by atoms with E-state index in [4.69, 9.17) is 0 Å². The van der Waals surface area contributed by atoms with Gasteiger partial charge in [-0.05, 0) is 23.6 Å². The Kier molecular flexibility index (Phi) is 6.15. The van der Waals surface area contributed by atoms with Crippen LogP contribution in [0.25, 0.3) is 0 Å². The molecular weight excluding hydrogens is 386 g/mol. The summed E-state index contributed by atoms with van der Waals surface area (Å²) in [5, 5.41) is 13.8. The first-order chi connectivity index (χ1) is 14.3. The SMILES string of the molecule is CCC(C)[C@H](NC(=O)N(Cc1ccccc1)N1C(=O)c2ccccc2C1=O)C(=O)O. The van der Waals surface area contributed by atoms with Crippen LogP contribution in [-0.4, -0.2) is 45.0 Å². The molecule has 3 rings (SSSR count). The number of benzene rings is 2. The smallest absolute Gasteiger partial charge is 0.337 e. The van der Waals surface area contributed by atoms with Gasteiger partial charge in [0.15, 0.2) is 0 Å². The van der Waals surface area contributed by atoms with Gasteiger partial charge in [-0.1, -0.05) is 62.7 Å². The van der Waals surface area contributed by atoms with Gasteiger partial charge in [-0.2, -0.15) is 5.01 Å². The van der Waals surface area contributed by atoms with Crippen LogP contribution in [0, 0.1) is 5.92 Å². The number of hydrogen-bond donors (Lipinski definition) is 2. The standard InChI is InChI=1S/C22H23N3O5/c1-3-14(2)18(21(28)29)23-22(30)24(13-15-9-5-4-6-10-15)25-19(26)16-11-7-8-12-17(16)20(25)27/h4-12,14,18H,3,13H2,1-2H3,(H,23,30)(H,28,29)/t14?,18-/m0/s1. The fourth-order valence-corrected chi connectivity index (χ4v) is 3.28. The van der Waals surface area contributed by atoms with Crippen molar-refractivity contribution in [2.75, 3.05) is 0 Å². The number of carbonyl (C=O) groups excluding carboxylic acids is 3. The largest absolute Gasteiger partial charge is 0.480 e. The molecule has 30 heavy (non-hydrogen) atoms. The summed E-state index contributed by atoms with van der Waals surface area (Å²) >= 11 is 0. The minimum atomic E-state index is -1.18. The van der Waals surface area contributed by atoms with Gasteiger partial charge in [-0.15, -0.1) is 0 Å². The van der Waals surface area contributed by atoms with E-state index in [0.717, 1.165) is 10.0 Å². The van der Waals surface area contributed by atoms with Gasteiger partial charge in [-0.25, -0.2) is 14.6 Å². The summed E-state index contributed by atoms with van der Waals surface area (Å²) in [6.45, 7) is 3.45. The Balaban J connectivity index is 1.95. The van der Waals surface area contributed by atoms with Crippen molar-refractivity contribution >= 4 is 23.8 Å². The highest BCUT2D eigenvalue weighted by Gasteiger charge is 2.42. The van der Waals surface area contributed by atoms with Crippen LogP contribution in [0.15, 0.2) is 54.6 Å². The van der Waals surface area contributed by atoms with E-state index in [2.05, 4.69) is 5.32 Å². The van der Waals surface area contributed by atoms with Crippen molar-refractivity contribution in [2.45, 2.75) is 32.9 Å². The number of urea groups is 1. The van der Waals surface area contributed by atoms with Crippen molar-refractivity contribution in [2.24, 2.45) is 5.92 Å². The zero-order chi connectivity index (χ0) is 21.8. The Morgan fingerprint density at radius 3 is 2.03 bits per heavy atom. The number of imide groups is 1. The second-order valence-corrected chi connectivity index (χ2v) is 7.16. The van der Waals surface area contributed by atoms with Gasteiger partial charge in [0.1, 0.15) is 6.04 Å². The molecule has 2 aromatic rings. The van der Waals surface area contributed by atoms with Gasteiger partial charge in [0.05, 0.1) is 17.7 Å². The molecule has 0 bridgehead atoms. The van der Waals surface area contributed by atoms with Crippen molar-refractivity contribution in [1.82, 2.24) is 15.3 Å². The Morgan fingerprint density at radius 2 is 1.53 bits per heavy atom. The molecule has 8 nitrogen and oxygen atoms in total. The Morgan fingerprint density at radius 1 is 1.00 bits per heavy atom. The van der Waals surface area contributed by atoms with Gasteiger partial charge in [0.25, 0.3) is 11.8 Å². The predicted molar refractivity (Wildman–Crippen MR) is 108 cm³/mol. The number of amides is 4. The molecule has 2 aromatic carbocycles. The first-order valence-electron chi connectivity index (χ1n) is 9.67. The van der Waals surface area contributed by atoms with Crippen molar-refractivity contribution in [3.63, 3.8) is 0 Å². The summed E-state index contributed by atoms with van der Waals surface area (Å²) < 4.78 is 0. The molecule has 1 unspecified atom stereocenters. The monoisotopic (exact) mass is 409 g/mol. The minimum absolute atomic E-state index is 0.0784. The van der Waals surface area contributed by atoms with Crippen LogP contribution in [-0.2, 0) is 11.3 Å². The molecule has 2 atom stereocenters. The number of rotatable bonds is 7. The second-order valence-electron chi connectivity index (χ2n) is 7.16. The van der Waals surface area contributed by atoms with Gasteiger partial charge < -0.3 is 10.4 Å². The zero-order valence-electron chi connectivity index (χ0n) is 16.7. The quantitative estimate of drug-likeness (QED) is 0.684. The van der Waals surface area contributed by atoms with Crippen LogP contribution in [0.1, 0.15) is 46.5 Å². The first-order valence-corrected chi connectivity index (χ1v) is 9.67. The van der Waals surface area contributed by atoms with E-state index in [9.17, 15) is 24.3 Å². The molecular formula is C22H23N3O5. The third-order valence-corrected chi connectivity index (χ3v) is 5.18. The first kappa shape index (κ1) is 21.0. The van der Waals surface area contributed by atoms with Crippen molar-refractivity contribution in [1.29, 1.82) is 0 Å². The number of carboxylic acids is 1. The summed E-state index contributed by atoms with van der Waals surface area (Å²) in [5.74, 6) is -2.78. The maximum absolute atomic E-state index is 13.1. The third kappa shape index (κ3) is 4.03. The van der Waals surface area contributed by atoms with Gasteiger partial charge in [-0.3, -0.25) is 9.59 Å². The van der Waals surface area contributed by atoms with Crippen LogP contribution < -0.4 is 5.32 Å². The number of aliphatic carboxylic acids is 1. The van der Waals surface area contributed by atoms with Crippen molar-refractivity contribution in [3.05, 3.63) is 71.3 Å². The van der Waals surface area contributed by atoms with Gasteiger partial charge in [0, 0.05) is 0 Å². The lowest BCUT2D eigenvalue weighted by molar-refractivity contribution is -0.140. The number of hydrazine groups is 1. The van der Waals surface area contributed by atoms with E-state index in [1.165, 1.54) is 12.1 Å². The summed E-state index contributed by atoms with van der Waals surface area (Å²) in [5.41, 5.74) is 1.08. The molecule has 2 N–H and O–H groups in total. The van der Waals surface area contributed by atoms with Crippen molar-refractivity contribution < 1.29 is 24.3 Å². The lowest BCUT2D eigenvalue weighted by Crippen LogP contribution is -2.57. The molecule has 0 radical (unpaired) electrons. The number of carbonyl (C=O) groups is 4. The van der Waals surface area contributed by atoms with E-state index in [-0.39, 0.29) is 23.6 Å². The van der Waals surface area contributed by atoms with Crippen LogP contribution >= 0.6 is 0 Å². The van der Waals surface area contributed by atoms with Crippen LogP contribution in [0.5, 0.6) is 0 Å². The molecule has 0 saturated carbocycles. The number of carboxylic acid groups (broad SMARTS) is 1. The summed E-state index contributed by atoms with van der Waals surface area (Å²) in [6.07, 6.45) is 0.531. The molecule has 0 aromatic heterocycles. The van der Waals surface area contributed by atoms with E-state index in [0.29, 0.717) is 12.0 Å². The molecule has 1 heterocycles. The number of nitrogens with one attached hydrogen (secondary N) is 1. The highest BCUT2D eigenvalue weighted by molar-refractivity contribution is 6.21.